The van der Waals surface area contributed by atoms with Crippen LogP contribution in [0.5, 0.6) is 0 Å². The average molecular weight is 267 g/mol. The van der Waals surface area contributed by atoms with Gasteiger partial charge in [-0.2, -0.15) is 16.9 Å². The Morgan fingerprint density at radius 3 is 3.11 bits per heavy atom. The minimum Gasteiger partial charge on any atom is -0.367 e. The van der Waals surface area contributed by atoms with Gasteiger partial charge in [0.25, 0.3) is 0 Å². The number of fused-ring (bicyclic) bond motifs is 1. The molecule has 7 heteroatoms. The number of hydrogen-bond acceptors (Lipinski definition) is 5. The Kier molecular flexibility index (Phi) is 3.90. The molecule has 0 bridgehead atoms. The first-order chi connectivity index (χ1) is 8.61. The lowest BCUT2D eigenvalue weighted by atomic mass is 10.2. The minimum atomic E-state index is -0.253. The number of aryl methyl sites for hydroxylation is 1. The second kappa shape index (κ2) is 5.43. The van der Waals surface area contributed by atoms with Crippen molar-refractivity contribution in [3.63, 3.8) is 0 Å². The highest BCUT2D eigenvalue weighted by Crippen LogP contribution is 2.11. The van der Waals surface area contributed by atoms with E-state index in [1.807, 2.05) is 11.8 Å². The van der Waals surface area contributed by atoms with Crippen molar-refractivity contribution in [2.45, 2.75) is 26.3 Å². The standard InChI is InChI=1S/C11H17N5OS/c1-7(4-5-18-3)12-9-6-10-14-15-11(17)16(10)8(2)13-9/h6-7,12H,4-5H2,1-3H3,(H,15,17). The Morgan fingerprint density at radius 1 is 1.61 bits per heavy atom. The van der Waals surface area contributed by atoms with Crippen LogP contribution in [0, 0.1) is 6.92 Å². The van der Waals surface area contributed by atoms with Crippen LogP contribution in [0.2, 0.25) is 0 Å². The van der Waals surface area contributed by atoms with Gasteiger partial charge in [-0.25, -0.2) is 19.3 Å². The lowest BCUT2D eigenvalue weighted by Gasteiger charge is -2.14. The van der Waals surface area contributed by atoms with Crippen molar-refractivity contribution in [2.75, 3.05) is 17.3 Å². The summed E-state index contributed by atoms with van der Waals surface area (Å²) in [6, 6.07) is 2.12. The molecule has 98 valence electrons. The predicted octanol–water partition coefficient (Wildman–Crippen LogP) is 1.28. The second-order valence-electron chi connectivity index (χ2n) is 4.24. The molecular weight excluding hydrogens is 250 g/mol. The first-order valence-corrected chi connectivity index (χ1v) is 7.21. The van der Waals surface area contributed by atoms with Crippen LogP contribution in [-0.4, -0.2) is 37.6 Å². The van der Waals surface area contributed by atoms with E-state index in [-0.39, 0.29) is 5.69 Å². The minimum absolute atomic E-state index is 0.253. The van der Waals surface area contributed by atoms with Gasteiger partial charge in [-0.1, -0.05) is 0 Å². The first kappa shape index (κ1) is 12.9. The number of H-pyrrole nitrogens is 1. The Balaban J connectivity index is 2.22. The molecule has 6 nitrogen and oxygen atoms in total. The van der Waals surface area contributed by atoms with Gasteiger partial charge in [0, 0.05) is 12.1 Å². The number of aromatic amines is 1. The first-order valence-electron chi connectivity index (χ1n) is 5.82. The third kappa shape index (κ3) is 2.66. The van der Waals surface area contributed by atoms with Gasteiger partial charge in [0.15, 0.2) is 5.65 Å². The highest BCUT2D eigenvalue weighted by Gasteiger charge is 2.08. The van der Waals surface area contributed by atoms with Crippen molar-refractivity contribution in [3.8, 4) is 0 Å². The number of hydrogen-bond donors (Lipinski definition) is 2. The fourth-order valence-corrected chi connectivity index (χ4v) is 2.38. The number of nitrogens with zero attached hydrogens (tertiary/aromatic N) is 3. The zero-order chi connectivity index (χ0) is 13.1. The molecule has 2 rings (SSSR count). The Bertz CT molecular complexity index is 591. The summed E-state index contributed by atoms with van der Waals surface area (Å²) in [4.78, 5) is 15.8. The fourth-order valence-electron chi connectivity index (χ4n) is 1.79. The lowest BCUT2D eigenvalue weighted by Crippen LogP contribution is -2.19. The summed E-state index contributed by atoms with van der Waals surface area (Å²) >= 11 is 1.83. The summed E-state index contributed by atoms with van der Waals surface area (Å²) < 4.78 is 1.46. The van der Waals surface area contributed by atoms with Crippen LogP contribution in [-0.2, 0) is 0 Å². The molecule has 2 aromatic rings. The predicted molar refractivity (Wildman–Crippen MR) is 74.4 cm³/mol. The van der Waals surface area contributed by atoms with Crippen LogP contribution in [0.3, 0.4) is 0 Å². The maximum Gasteiger partial charge on any atom is 0.349 e. The third-order valence-corrected chi connectivity index (χ3v) is 3.36. The smallest absolute Gasteiger partial charge is 0.349 e. The van der Waals surface area contributed by atoms with Crippen LogP contribution in [0.4, 0.5) is 5.82 Å². The van der Waals surface area contributed by atoms with Gasteiger partial charge >= 0.3 is 5.69 Å². The van der Waals surface area contributed by atoms with Crippen molar-refractivity contribution in [3.05, 3.63) is 22.4 Å². The number of anilines is 1. The summed E-state index contributed by atoms with van der Waals surface area (Å²) in [5, 5.41) is 9.69. The number of rotatable bonds is 5. The third-order valence-electron chi connectivity index (χ3n) is 2.72. The van der Waals surface area contributed by atoms with Gasteiger partial charge in [-0.15, -0.1) is 0 Å². The summed E-state index contributed by atoms with van der Waals surface area (Å²) in [5.41, 5.74) is 0.337. The summed E-state index contributed by atoms with van der Waals surface area (Å²) in [6.07, 6.45) is 3.16. The zero-order valence-corrected chi connectivity index (χ0v) is 11.5. The molecule has 0 aliphatic carbocycles. The molecule has 0 fully saturated rings. The van der Waals surface area contributed by atoms with Crippen LogP contribution in [0.25, 0.3) is 5.65 Å². The van der Waals surface area contributed by atoms with E-state index in [1.165, 1.54) is 4.40 Å². The van der Waals surface area contributed by atoms with Gasteiger partial charge in [-0.05, 0) is 32.3 Å². The van der Waals surface area contributed by atoms with Gasteiger partial charge in [0.1, 0.15) is 11.6 Å². The maximum atomic E-state index is 11.5. The van der Waals surface area contributed by atoms with Crippen LogP contribution in [0.1, 0.15) is 19.2 Å². The molecular formula is C11H17N5OS. The summed E-state index contributed by atoms with van der Waals surface area (Å²) in [7, 11) is 0. The average Bonchev–Trinajstić information content (AvgIpc) is 2.68. The largest absolute Gasteiger partial charge is 0.367 e. The van der Waals surface area contributed by atoms with Crippen molar-refractivity contribution in [1.82, 2.24) is 19.6 Å². The molecule has 0 saturated carbocycles. The van der Waals surface area contributed by atoms with Crippen molar-refractivity contribution in [1.29, 1.82) is 0 Å². The van der Waals surface area contributed by atoms with Crippen LogP contribution < -0.4 is 11.0 Å². The molecule has 18 heavy (non-hydrogen) atoms. The number of thioether (sulfide) groups is 1. The molecule has 0 aliphatic rings. The second-order valence-corrected chi connectivity index (χ2v) is 5.22. The summed E-state index contributed by atoms with van der Waals surface area (Å²) in [5.74, 6) is 2.50. The van der Waals surface area contributed by atoms with E-state index in [0.717, 1.165) is 18.0 Å². The SMILES string of the molecule is CSCCC(C)Nc1cc2n[nH]c(=O)n2c(C)n1. The van der Waals surface area contributed by atoms with E-state index in [0.29, 0.717) is 17.5 Å². The number of nitrogens with one attached hydrogen (secondary N) is 2. The highest BCUT2D eigenvalue weighted by molar-refractivity contribution is 7.98. The molecule has 0 radical (unpaired) electrons. The van der Waals surface area contributed by atoms with Gasteiger partial charge in [0.05, 0.1) is 0 Å². The molecule has 0 aliphatic heterocycles. The molecule has 0 amide bonds. The molecule has 1 unspecified atom stereocenters. The number of aromatic nitrogens is 4. The molecule has 2 N–H and O–H groups in total. The van der Waals surface area contributed by atoms with Crippen LogP contribution >= 0.6 is 11.8 Å². The lowest BCUT2D eigenvalue weighted by molar-refractivity contribution is 0.763. The molecule has 2 aromatic heterocycles. The molecule has 2 heterocycles. The van der Waals surface area contributed by atoms with E-state index in [2.05, 4.69) is 33.7 Å². The molecule has 0 aromatic carbocycles. The monoisotopic (exact) mass is 267 g/mol. The Labute approximate surface area is 109 Å². The molecule has 0 saturated heterocycles. The van der Waals surface area contributed by atoms with Crippen LogP contribution in [0.15, 0.2) is 10.9 Å². The highest BCUT2D eigenvalue weighted by atomic mass is 32.2. The van der Waals surface area contributed by atoms with E-state index < -0.39 is 0 Å². The Hall–Kier alpha value is -1.50. The van der Waals surface area contributed by atoms with Crippen molar-refractivity contribution >= 4 is 23.2 Å². The van der Waals surface area contributed by atoms with Crippen molar-refractivity contribution in [2.24, 2.45) is 0 Å². The van der Waals surface area contributed by atoms with Crippen molar-refractivity contribution < 1.29 is 0 Å². The quantitative estimate of drug-likeness (QED) is 0.853. The van der Waals surface area contributed by atoms with E-state index in [4.69, 9.17) is 0 Å². The molecule has 0 spiro atoms. The topological polar surface area (TPSA) is 75.1 Å². The normalized spacial score (nSPS) is 12.8. The Morgan fingerprint density at radius 2 is 2.39 bits per heavy atom. The van der Waals surface area contributed by atoms with E-state index in [1.54, 1.807) is 13.0 Å². The maximum absolute atomic E-state index is 11.5. The van der Waals surface area contributed by atoms with E-state index in [9.17, 15) is 4.79 Å². The van der Waals surface area contributed by atoms with Gasteiger partial charge < -0.3 is 5.32 Å². The molecule has 1 atom stereocenters. The summed E-state index contributed by atoms with van der Waals surface area (Å²) in [6.45, 7) is 3.91. The van der Waals surface area contributed by atoms with Gasteiger partial charge in [0.2, 0.25) is 0 Å². The van der Waals surface area contributed by atoms with Gasteiger partial charge in [-0.3, -0.25) is 0 Å². The van der Waals surface area contributed by atoms with E-state index >= 15 is 0 Å². The zero-order valence-electron chi connectivity index (χ0n) is 10.7. The fraction of sp³-hybridized carbons (Fsp3) is 0.545.